The first-order valence-electron chi connectivity index (χ1n) is 12.1. The smallest absolute Gasteiger partial charge is 0.386 e. The Bertz CT molecular complexity index is 820. The van der Waals surface area contributed by atoms with Crippen molar-refractivity contribution in [3.8, 4) is 12.1 Å². The summed E-state index contributed by atoms with van der Waals surface area (Å²) in [4.78, 5) is 34.6. The second-order valence-electron chi connectivity index (χ2n) is 7.29. The molecule has 222 valence electrons. The van der Waals surface area contributed by atoms with Crippen LogP contribution in [0.4, 0.5) is 4.39 Å². The van der Waals surface area contributed by atoms with Crippen LogP contribution in [0.25, 0.3) is 4.85 Å². The number of rotatable bonds is 7. The Balaban J connectivity index is -0.000000453. The lowest BCUT2D eigenvalue weighted by Crippen LogP contribution is -2.36. The zero-order valence-corrected chi connectivity index (χ0v) is 23.6. The molecule has 0 atom stereocenters. The molecule has 0 spiro atoms. The van der Waals surface area contributed by atoms with Crippen molar-refractivity contribution in [2.75, 3.05) is 79.3 Å². The molecule has 0 saturated carbocycles. The van der Waals surface area contributed by atoms with E-state index in [1.165, 1.54) is 14.2 Å². The third kappa shape index (κ3) is 18.2. The second kappa shape index (κ2) is 26.9. The molecular formula is C24H36Cl2FN3O9. The number of halogens is 3. The zero-order valence-electron chi connectivity index (χ0n) is 23.1. The van der Waals surface area contributed by atoms with Gasteiger partial charge in [-0.25, -0.2) is 11.4 Å². The fourth-order valence-corrected chi connectivity index (χ4v) is 2.93. The molecule has 2 fully saturated rings. The van der Waals surface area contributed by atoms with Gasteiger partial charge in [-0.1, -0.05) is 0 Å². The number of methoxy groups -OCH3 is 2. The molecule has 39 heavy (non-hydrogen) atoms. The van der Waals surface area contributed by atoms with Gasteiger partial charge in [0.05, 0.1) is 48.1 Å². The van der Waals surface area contributed by atoms with Crippen molar-refractivity contribution in [3.63, 3.8) is 0 Å². The number of carboxylic acid groups (broad SMARTS) is 1. The lowest BCUT2D eigenvalue weighted by atomic mass is 9.82. The Kier molecular flexibility index (Phi) is 26.5. The molecule has 0 bridgehead atoms. The van der Waals surface area contributed by atoms with Crippen LogP contribution in [0.5, 0.6) is 0 Å². The Hall–Kier alpha value is -2.73. The van der Waals surface area contributed by atoms with E-state index in [1.54, 1.807) is 0 Å². The van der Waals surface area contributed by atoms with E-state index < -0.39 is 35.9 Å². The molecule has 2 saturated heterocycles. The fourth-order valence-electron chi connectivity index (χ4n) is 2.71. The Morgan fingerprint density at radius 3 is 1.64 bits per heavy atom. The van der Waals surface area contributed by atoms with Crippen LogP contribution in [-0.2, 0) is 38.1 Å². The number of nitriles is 2. The number of esters is 2. The van der Waals surface area contributed by atoms with Gasteiger partial charge in [-0.3, -0.25) is 14.0 Å². The molecule has 2 aliphatic rings. The van der Waals surface area contributed by atoms with Crippen LogP contribution in [0, 0.1) is 40.1 Å². The predicted octanol–water partition coefficient (Wildman–Crippen LogP) is 3.02. The van der Waals surface area contributed by atoms with E-state index in [4.69, 9.17) is 61.0 Å². The van der Waals surface area contributed by atoms with E-state index >= 15 is 0 Å². The van der Waals surface area contributed by atoms with Gasteiger partial charge >= 0.3 is 24.5 Å². The number of carboxylic acids is 1. The van der Waals surface area contributed by atoms with Crippen LogP contribution in [0.3, 0.4) is 0 Å². The summed E-state index contributed by atoms with van der Waals surface area (Å²) in [5.74, 6) is -0.833. The Morgan fingerprint density at radius 1 is 1.00 bits per heavy atom. The maximum absolute atomic E-state index is 11.2. The van der Waals surface area contributed by atoms with Crippen LogP contribution in [0.2, 0.25) is 0 Å². The van der Waals surface area contributed by atoms with Gasteiger partial charge in [0.1, 0.15) is 0 Å². The number of hydrogen-bond acceptors (Lipinski definition) is 10. The van der Waals surface area contributed by atoms with Crippen molar-refractivity contribution in [2.45, 2.75) is 25.7 Å². The standard InChI is InChI=1S/C8H11NO3.C7H9NO3.C4H8Cl2O.C4H5NO2.CH3F/c1-11-7(10)8(6-9)2-4-12-5-3-8;8-5-7(6(9)10)1-3-11-4-2-7;5-1-3-7-4-2-6;1-5-3-4(6)7-2;1-2/h2-5H2,1H3;1-4H2,(H,9,10);1-4H2;3H2,2H3;1H3/i;;;;1D. The summed E-state index contributed by atoms with van der Waals surface area (Å²) >= 11 is 10.5. The maximum Gasteiger partial charge on any atom is 0.386 e. The van der Waals surface area contributed by atoms with Crippen LogP contribution >= 0.6 is 23.2 Å². The summed E-state index contributed by atoms with van der Waals surface area (Å²) in [5.41, 5.74) is -2.13. The summed E-state index contributed by atoms with van der Waals surface area (Å²) in [5, 5.41) is 26.2. The summed E-state index contributed by atoms with van der Waals surface area (Å²) < 4.78 is 39.1. The van der Waals surface area contributed by atoms with Gasteiger partial charge in [0.2, 0.25) is 0 Å². The normalized spacial score (nSPS) is 16.1. The van der Waals surface area contributed by atoms with Crippen molar-refractivity contribution in [1.82, 2.24) is 0 Å². The van der Waals surface area contributed by atoms with E-state index in [0.717, 1.165) is 0 Å². The number of aliphatic carboxylic acids is 1. The van der Waals surface area contributed by atoms with E-state index in [2.05, 4.69) is 14.3 Å². The number of carbonyl (C=O) groups excluding carboxylic acids is 2. The zero-order chi connectivity index (χ0) is 31.3. The molecule has 0 aromatic carbocycles. The molecule has 1 N–H and O–H groups in total. The van der Waals surface area contributed by atoms with Gasteiger partial charge in [-0.15, -0.1) is 23.2 Å². The first-order valence-corrected chi connectivity index (χ1v) is 12.4. The van der Waals surface area contributed by atoms with Gasteiger partial charge in [0.25, 0.3) is 0 Å². The summed E-state index contributed by atoms with van der Waals surface area (Å²) in [6, 6.07) is 3.85. The molecular weight excluding hydrogens is 564 g/mol. The molecule has 0 aliphatic carbocycles. The van der Waals surface area contributed by atoms with Crippen LogP contribution in [0.15, 0.2) is 0 Å². The van der Waals surface area contributed by atoms with E-state index in [1.807, 2.05) is 12.1 Å². The van der Waals surface area contributed by atoms with Crippen molar-refractivity contribution in [1.29, 1.82) is 10.5 Å². The molecule has 2 heterocycles. The van der Waals surface area contributed by atoms with Crippen LogP contribution in [0.1, 0.15) is 27.1 Å². The van der Waals surface area contributed by atoms with E-state index in [-0.39, 0.29) is 6.54 Å². The number of hydrogen-bond donors (Lipinski definition) is 1. The monoisotopic (exact) mass is 600 g/mol. The molecule has 0 amide bonds. The average molecular weight is 601 g/mol. The minimum atomic E-state index is -1.18. The molecule has 0 radical (unpaired) electrons. The number of alkyl halides is 3. The lowest BCUT2D eigenvalue weighted by Gasteiger charge is -2.27. The first-order chi connectivity index (χ1) is 19.1. The third-order valence-electron chi connectivity index (χ3n) is 4.99. The topological polar surface area (TPSA) is 170 Å². The molecule has 0 unspecified atom stereocenters. The van der Waals surface area contributed by atoms with Gasteiger partial charge in [-0.05, 0) is 0 Å². The van der Waals surface area contributed by atoms with Gasteiger partial charge in [0, 0.05) is 63.9 Å². The molecule has 12 nitrogen and oxygen atoms in total. The lowest BCUT2D eigenvalue weighted by molar-refractivity contribution is -0.153. The molecule has 0 aromatic heterocycles. The molecule has 2 rings (SSSR count). The Morgan fingerprint density at radius 2 is 1.41 bits per heavy atom. The number of carbonyl (C=O) groups is 3. The van der Waals surface area contributed by atoms with Crippen LogP contribution < -0.4 is 0 Å². The fraction of sp³-hybridized carbons (Fsp3) is 0.750. The summed E-state index contributed by atoms with van der Waals surface area (Å²) in [7, 11) is 1.56. The summed E-state index contributed by atoms with van der Waals surface area (Å²) in [6.45, 7) is 8.87. The Labute approximate surface area is 240 Å². The third-order valence-corrected chi connectivity index (χ3v) is 5.29. The highest BCUT2D eigenvalue weighted by Crippen LogP contribution is 2.31. The van der Waals surface area contributed by atoms with Crippen LogP contribution in [-0.4, -0.2) is 102 Å². The van der Waals surface area contributed by atoms with Gasteiger partial charge < -0.3 is 33.6 Å². The van der Waals surface area contributed by atoms with Gasteiger partial charge in [0.15, 0.2) is 10.8 Å². The SMILES string of the molecule is COC(=O)C1(C#N)CCOCC1.ClCCOCCCl.N#CC1(C(=O)O)CCOCC1.[2H]CF.[C-]#[N+]CC(=O)OC. The quantitative estimate of drug-likeness (QED) is 0.197. The van der Waals surface area contributed by atoms with Crippen molar-refractivity contribution in [2.24, 2.45) is 10.8 Å². The van der Waals surface area contributed by atoms with E-state index in [9.17, 15) is 18.8 Å². The minimum Gasteiger partial charge on any atom is -0.480 e. The largest absolute Gasteiger partial charge is 0.480 e. The van der Waals surface area contributed by atoms with Crippen molar-refractivity contribution < 1.29 is 48.9 Å². The van der Waals surface area contributed by atoms with Gasteiger partial charge in [-0.2, -0.15) is 10.5 Å². The number of nitrogens with zero attached hydrogens (tertiary/aromatic N) is 3. The van der Waals surface area contributed by atoms with E-state index in [0.29, 0.717) is 77.1 Å². The highest BCUT2D eigenvalue weighted by molar-refractivity contribution is 6.18. The maximum atomic E-state index is 11.2. The average Bonchev–Trinajstić information content (AvgIpc) is 2.99. The second-order valence-corrected chi connectivity index (χ2v) is 8.05. The first kappa shape index (κ1) is 38.4. The number of ether oxygens (including phenoxy) is 5. The van der Waals surface area contributed by atoms with Crippen molar-refractivity contribution in [3.05, 3.63) is 11.4 Å². The molecule has 15 heteroatoms. The molecule has 2 aliphatic heterocycles. The highest BCUT2D eigenvalue weighted by atomic mass is 35.5. The van der Waals surface area contributed by atoms with Crippen molar-refractivity contribution >= 4 is 41.1 Å². The highest BCUT2D eigenvalue weighted by Gasteiger charge is 2.41. The summed E-state index contributed by atoms with van der Waals surface area (Å²) in [6.07, 6.45) is 1.49. The molecule has 0 aromatic rings. The predicted molar refractivity (Wildman–Crippen MR) is 139 cm³/mol. The minimum absolute atomic E-state index is 0.170.